The molecule has 0 saturated heterocycles. The fraction of sp³-hybridized carbons (Fsp3) is 0.500. The highest BCUT2D eigenvalue weighted by molar-refractivity contribution is 5.99. The molecule has 0 N–H and O–H groups in total. The second kappa shape index (κ2) is 7.87. The fourth-order valence-electron chi connectivity index (χ4n) is 2.24. The van der Waals surface area contributed by atoms with E-state index < -0.39 is 5.97 Å². The van der Waals surface area contributed by atoms with Crippen LogP contribution in [0.5, 0.6) is 0 Å². The Morgan fingerprint density at radius 1 is 0.955 bits per heavy atom. The Kier molecular flexibility index (Phi) is 6.47. The first-order chi connectivity index (χ1) is 10.2. The summed E-state index contributed by atoms with van der Waals surface area (Å²) in [4.78, 5) is 35.6. The quantitative estimate of drug-likeness (QED) is 0.569. The zero-order valence-corrected chi connectivity index (χ0v) is 13.9. The van der Waals surface area contributed by atoms with Crippen molar-refractivity contribution in [1.29, 1.82) is 0 Å². The molecule has 0 heterocycles. The van der Waals surface area contributed by atoms with Crippen molar-refractivity contribution >= 4 is 17.5 Å². The van der Waals surface area contributed by atoms with Crippen molar-refractivity contribution in [3.63, 3.8) is 0 Å². The minimum Gasteiger partial charge on any atom is -0.459 e. The molecule has 4 nitrogen and oxygen atoms in total. The lowest BCUT2D eigenvalue weighted by Gasteiger charge is -2.16. The van der Waals surface area contributed by atoms with E-state index in [-0.39, 0.29) is 35.9 Å². The van der Waals surface area contributed by atoms with Crippen molar-refractivity contribution in [2.45, 2.75) is 47.1 Å². The summed E-state index contributed by atoms with van der Waals surface area (Å²) in [6, 6.07) is 6.37. The third-order valence-corrected chi connectivity index (χ3v) is 3.52. The van der Waals surface area contributed by atoms with E-state index in [9.17, 15) is 14.4 Å². The minimum absolute atomic E-state index is 0.0282. The number of esters is 1. The number of carbonyl (C=O) groups is 3. The lowest BCUT2D eigenvalue weighted by molar-refractivity contribution is -0.121. The molecule has 1 atom stereocenters. The van der Waals surface area contributed by atoms with Gasteiger partial charge in [0.05, 0.1) is 11.7 Å². The van der Waals surface area contributed by atoms with Gasteiger partial charge in [-0.3, -0.25) is 9.59 Å². The van der Waals surface area contributed by atoms with Crippen molar-refractivity contribution in [3.8, 4) is 0 Å². The molecule has 1 rings (SSSR count). The van der Waals surface area contributed by atoms with Gasteiger partial charge in [-0.25, -0.2) is 4.79 Å². The summed E-state index contributed by atoms with van der Waals surface area (Å²) in [5.41, 5.74) is 0.922. The zero-order valence-electron chi connectivity index (χ0n) is 13.9. The predicted molar refractivity (Wildman–Crippen MR) is 85.0 cm³/mol. The molecule has 0 amide bonds. The highest BCUT2D eigenvalue weighted by Gasteiger charge is 2.22. The van der Waals surface area contributed by atoms with Crippen LogP contribution in [-0.4, -0.2) is 23.6 Å². The van der Waals surface area contributed by atoms with Gasteiger partial charge in [0, 0.05) is 17.9 Å². The molecule has 0 aliphatic carbocycles. The summed E-state index contributed by atoms with van der Waals surface area (Å²) in [6.07, 6.45) is 0.0131. The molecule has 0 aromatic heterocycles. The average molecular weight is 304 g/mol. The molecular formula is C18H24O4. The molecule has 0 spiro atoms. The number of ketones is 2. The predicted octanol–water partition coefficient (Wildman–Crippen LogP) is 3.69. The van der Waals surface area contributed by atoms with Crippen LogP contribution >= 0.6 is 0 Å². The molecule has 0 radical (unpaired) electrons. The van der Waals surface area contributed by atoms with E-state index in [2.05, 4.69) is 0 Å². The van der Waals surface area contributed by atoms with Gasteiger partial charge in [-0.15, -0.1) is 0 Å². The van der Waals surface area contributed by atoms with Gasteiger partial charge in [-0.05, 0) is 38.8 Å². The van der Waals surface area contributed by atoms with E-state index in [1.54, 1.807) is 38.1 Å². The minimum atomic E-state index is -0.405. The Hall–Kier alpha value is -1.97. The molecule has 1 aromatic carbocycles. The van der Waals surface area contributed by atoms with Gasteiger partial charge in [-0.2, -0.15) is 0 Å². The van der Waals surface area contributed by atoms with E-state index in [1.165, 1.54) is 6.92 Å². The highest BCUT2D eigenvalue weighted by Crippen LogP contribution is 2.19. The maximum absolute atomic E-state index is 12.3. The third-order valence-electron chi connectivity index (χ3n) is 3.52. The summed E-state index contributed by atoms with van der Waals surface area (Å²) >= 11 is 0. The number of ether oxygens (including phenoxy) is 1. The monoisotopic (exact) mass is 304 g/mol. The molecule has 120 valence electrons. The molecule has 0 bridgehead atoms. The van der Waals surface area contributed by atoms with Crippen LogP contribution < -0.4 is 0 Å². The summed E-state index contributed by atoms with van der Waals surface area (Å²) in [6.45, 7) is 8.95. The van der Waals surface area contributed by atoms with Gasteiger partial charge in [0.2, 0.25) is 0 Å². The first-order valence-electron chi connectivity index (χ1n) is 7.57. The fourth-order valence-corrected chi connectivity index (χ4v) is 2.24. The first-order valence-corrected chi connectivity index (χ1v) is 7.57. The normalized spacial score (nSPS) is 12.3. The Morgan fingerprint density at radius 3 is 1.86 bits per heavy atom. The van der Waals surface area contributed by atoms with Gasteiger partial charge in [0.15, 0.2) is 5.78 Å². The van der Waals surface area contributed by atoms with Crippen molar-refractivity contribution in [2.75, 3.05) is 0 Å². The Bertz CT molecular complexity index is 541. The Balaban J connectivity index is 2.79. The molecule has 4 heteroatoms. The molecule has 0 aliphatic rings. The van der Waals surface area contributed by atoms with Crippen LogP contribution in [0.4, 0.5) is 0 Å². The largest absolute Gasteiger partial charge is 0.459 e. The van der Waals surface area contributed by atoms with Crippen LogP contribution in [0.3, 0.4) is 0 Å². The number of hydrogen-bond donors (Lipinski definition) is 0. The van der Waals surface area contributed by atoms with Gasteiger partial charge in [0.1, 0.15) is 5.78 Å². The SMILES string of the molecule is CC(=O)C(CC(=O)c1ccc(C(=O)OC(C)C)cc1)C(C)C. The number of carbonyl (C=O) groups excluding carboxylic acids is 3. The van der Waals surface area contributed by atoms with E-state index in [1.807, 2.05) is 13.8 Å². The van der Waals surface area contributed by atoms with Gasteiger partial charge in [0.25, 0.3) is 0 Å². The van der Waals surface area contributed by atoms with Gasteiger partial charge >= 0.3 is 5.97 Å². The lowest BCUT2D eigenvalue weighted by atomic mass is 9.86. The molecule has 0 saturated carbocycles. The second-order valence-corrected chi connectivity index (χ2v) is 6.12. The van der Waals surface area contributed by atoms with Crippen LogP contribution in [0.1, 0.15) is 61.8 Å². The number of benzene rings is 1. The van der Waals surface area contributed by atoms with Crippen molar-refractivity contribution in [1.82, 2.24) is 0 Å². The van der Waals surface area contributed by atoms with Crippen LogP contribution in [0.15, 0.2) is 24.3 Å². The summed E-state index contributed by atoms with van der Waals surface area (Å²) in [5.74, 6) is -0.601. The Labute approximate surface area is 131 Å². The zero-order chi connectivity index (χ0) is 16.9. The van der Waals surface area contributed by atoms with E-state index in [4.69, 9.17) is 4.74 Å². The van der Waals surface area contributed by atoms with Gasteiger partial charge < -0.3 is 4.74 Å². The van der Waals surface area contributed by atoms with Crippen LogP contribution in [0.2, 0.25) is 0 Å². The molecule has 0 fully saturated rings. The standard InChI is InChI=1S/C18H24O4/c1-11(2)16(13(5)19)10-17(20)14-6-8-15(9-7-14)18(21)22-12(3)4/h6-9,11-12,16H,10H2,1-5H3. The topological polar surface area (TPSA) is 60.4 Å². The molecule has 22 heavy (non-hydrogen) atoms. The van der Waals surface area contributed by atoms with Crippen LogP contribution in [0.25, 0.3) is 0 Å². The average Bonchev–Trinajstić information content (AvgIpc) is 2.43. The summed E-state index contributed by atoms with van der Waals surface area (Å²) in [5, 5.41) is 0. The number of Topliss-reactive ketones (excluding diaryl/α,β-unsaturated/α-hetero) is 2. The summed E-state index contributed by atoms with van der Waals surface area (Å²) in [7, 11) is 0. The van der Waals surface area contributed by atoms with E-state index in [0.717, 1.165) is 0 Å². The third kappa shape index (κ3) is 5.10. The summed E-state index contributed by atoms with van der Waals surface area (Å²) < 4.78 is 5.10. The van der Waals surface area contributed by atoms with Crippen molar-refractivity contribution < 1.29 is 19.1 Å². The maximum Gasteiger partial charge on any atom is 0.338 e. The van der Waals surface area contributed by atoms with E-state index in [0.29, 0.717) is 11.1 Å². The number of rotatable bonds is 7. The van der Waals surface area contributed by atoms with Crippen molar-refractivity contribution in [2.24, 2.45) is 11.8 Å². The maximum atomic E-state index is 12.3. The molecule has 1 aromatic rings. The second-order valence-electron chi connectivity index (χ2n) is 6.12. The van der Waals surface area contributed by atoms with Crippen LogP contribution in [0, 0.1) is 11.8 Å². The smallest absolute Gasteiger partial charge is 0.338 e. The van der Waals surface area contributed by atoms with Crippen molar-refractivity contribution in [3.05, 3.63) is 35.4 Å². The van der Waals surface area contributed by atoms with E-state index >= 15 is 0 Å². The molecule has 0 aliphatic heterocycles. The lowest BCUT2D eigenvalue weighted by Crippen LogP contribution is -2.21. The molecular weight excluding hydrogens is 280 g/mol. The number of hydrogen-bond acceptors (Lipinski definition) is 4. The first kappa shape index (κ1) is 18.1. The Morgan fingerprint density at radius 2 is 1.45 bits per heavy atom. The van der Waals surface area contributed by atoms with Crippen LogP contribution in [-0.2, 0) is 9.53 Å². The van der Waals surface area contributed by atoms with Gasteiger partial charge in [-0.1, -0.05) is 26.0 Å². The molecule has 1 unspecified atom stereocenters. The highest BCUT2D eigenvalue weighted by atomic mass is 16.5.